The van der Waals surface area contributed by atoms with Gasteiger partial charge in [0.05, 0.1) is 33.0 Å². The van der Waals surface area contributed by atoms with E-state index in [-0.39, 0.29) is 0 Å². The van der Waals surface area contributed by atoms with Crippen molar-refractivity contribution >= 4 is 11.8 Å². The molecule has 116 valence electrons. The second-order valence-corrected chi connectivity index (χ2v) is 4.86. The van der Waals surface area contributed by atoms with Crippen LogP contribution in [0.5, 0.6) is 5.75 Å². The van der Waals surface area contributed by atoms with Gasteiger partial charge < -0.3 is 18.9 Å². The summed E-state index contributed by atoms with van der Waals surface area (Å²) in [6, 6.07) is 7.76. The second kappa shape index (κ2) is 11.4. The summed E-state index contributed by atoms with van der Waals surface area (Å²) in [5.74, 6) is 0.601. The zero-order chi connectivity index (χ0) is 15.3. The van der Waals surface area contributed by atoms with Crippen molar-refractivity contribution in [2.45, 2.75) is 4.90 Å². The van der Waals surface area contributed by atoms with Gasteiger partial charge in [0.2, 0.25) is 0 Å². The maximum atomic E-state index is 9.17. The van der Waals surface area contributed by atoms with Gasteiger partial charge in [0.25, 0.3) is 0 Å². The van der Waals surface area contributed by atoms with Crippen LogP contribution in [0.15, 0.2) is 23.1 Å². The average Bonchev–Trinajstić information content (AvgIpc) is 2.52. The number of methoxy groups -OCH3 is 1. The highest BCUT2D eigenvalue weighted by molar-refractivity contribution is 7.98. The van der Waals surface area contributed by atoms with Crippen molar-refractivity contribution in [1.29, 1.82) is 5.26 Å². The molecule has 0 saturated carbocycles. The van der Waals surface area contributed by atoms with Gasteiger partial charge in [-0.2, -0.15) is 5.26 Å². The maximum absolute atomic E-state index is 9.17. The van der Waals surface area contributed by atoms with Crippen LogP contribution in [-0.4, -0.2) is 53.0 Å². The summed E-state index contributed by atoms with van der Waals surface area (Å²) in [4.78, 5) is 0.919. The minimum absolute atomic E-state index is 0.407. The first-order valence-corrected chi connectivity index (χ1v) is 7.90. The summed E-state index contributed by atoms with van der Waals surface area (Å²) in [5, 5.41) is 9.17. The number of rotatable bonds is 11. The molecule has 0 fully saturated rings. The summed E-state index contributed by atoms with van der Waals surface area (Å²) < 4.78 is 21.1. The van der Waals surface area contributed by atoms with Gasteiger partial charge in [-0.25, -0.2) is 0 Å². The van der Waals surface area contributed by atoms with E-state index in [4.69, 9.17) is 18.9 Å². The fraction of sp³-hybridized carbons (Fsp3) is 0.533. The molecule has 0 aliphatic rings. The standard InChI is InChI=1S/C15H21NO4S/c1-17-6-7-18-8-9-19-10-11-20-14-4-3-5-15(21-2)13(14)12-16/h3-5H,6-11H2,1-2H3. The molecule has 6 heteroatoms. The van der Waals surface area contributed by atoms with Gasteiger partial charge in [0.15, 0.2) is 0 Å². The molecule has 0 radical (unpaired) electrons. The molecule has 0 heterocycles. The molecule has 5 nitrogen and oxygen atoms in total. The summed E-state index contributed by atoms with van der Waals surface area (Å²) in [7, 11) is 1.64. The lowest BCUT2D eigenvalue weighted by atomic mass is 10.2. The number of hydrogen-bond donors (Lipinski definition) is 0. The molecule has 0 aliphatic heterocycles. The molecule has 21 heavy (non-hydrogen) atoms. The quantitative estimate of drug-likeness (QED) is 0.462. The molecule has 0 spiro atoms. The lowest BCUT2D eigenvalue weighted by Crippen LogP contribution is -2.12. The summed E-state index contributed by atoms with van der Waals surface area (Å²) in [5.41, 5.74) is 0.577. The number of nitriles is 1. The van der Waals surface area contributed by atoms with E-state index in [2.05, 4.69) is 6.07 Å². The van der Waals surface area contributed by atoms with Crippen molar-refractivity contribution in [3.05, 3.63) is 23.8 Å². The Morgan fingerprint density at radius 3 is 2.33 bits per heavy atom. The maximum Gasteiger partial charge on any atom is 0.138 e. The Kier molecular flexibility index (Phi) is 9.66. The highest BCUT2D eigenvalue weighted by atomic mass is 32.2. The van der Waals surface area contributed by atoms with Crippen LogP contribution in [0, 0.1) is 11.3 Å². The van der Waals surface area contributed by atoms with E-state index in [1.807, 2.05) is 18.4 Å². The van der Waals surface area contributed by atoms with Gasteiger partial charge in [-0.15, -0.1) is 11.8 Å². The smallest absolute Gasteiger partial charge is 0.138 e. The van der Waals surface area contributed by atoms with E-state index < -0.39 is 0 Å². The molecular weight excluding hydrogens is 290 g/mol. The van der Waals surface area contributed by atoms with Gasteiger partial charge in [0.1, 0.15) is 24.0 Å². The normalized spacial score (nSPS) is 10.3. The van der Waals surface area contributed by atoms with Crippen molar-refractivity contribution in [1.82, 2.24) is 0 Å². The zero-order valence-electron chi connectivity index (χ0n) is 12.5. The fourth-order valence-electron chi connectivity index (χ4n) is 1.59. The first kappa shape index (κ1) is 17.8. The minimum Gasteiger partial charge on any atom is -0.490 e. The summed E-state index contributed by atoms with van der Waals surface area (Å²) in [6.07, 6.45) is 1.94. The second-order valence-electron chi connectivity index (χ2n) is 4.01. The van der Waals surface area contributed by atoms with Crippen molar-refractivity contribution < 1.29 is 18.9 Å². The third-order valence-corrected chi connectivity index (χ3v) is 3.39. The van der Waals surface area contributed by atoms with Gasteiger partial charge in [0, 0.05) is 12.0 Å². The Labute approximate surface area is 130 Å². The highest BCUT2D eigenvalue weighted by Crippen LogP contribution is 2.27. The average molecular weight is 311 g/mol. The van der Waals surface area contributed by atoms with Crippen LogP contribution in [-0.2, 0) is 14.2 Å². The minimum atomic E-state index is 0.407. The molecule has 1 rings (SSSR count). The molecule has 0 atom stereocenters. The number of thioether (sulfide) groups is 1. The molecule has 0 aliphatic carbocycles. The van der Waals surface area contributed by atoms with E-state index in [1.54, 1.807) is 13.2 Å². The molecule has 1 aromatic rings. The lowest BCUT2D eigenvalue weighted by molar-refractivity contribution is 0.0179. The Morgan fingerprint density at radius 2 is 1.71 bits per heavy atom. The van der Waals surface area contributed by atoms with Crippen LogP contribution in [0.2, 0.25) is 0 Å². The Bertz CT molecular complexity index is 448. The molecule has 0 unspecified atom stereocenters. The van der Waals surface area contributed by atoms with Crippen LogP contribution in [0.4, 0.5) is 0 Å². The first-order chi connectivity index (χ1) is 10.3. The van der Waals surface area contributed by atoms with E-state index in [1.165, 1.54) is 11.8 Å². The van der Waals surface area contributed by atoms with Crippen LogP contribution >= 0.6 is 11.8 Å². The van der Waals surface area contributed by atoms with E-state index in [0.29, 0.717) is 51.0 Å². The third-order valence-electron chi connectivity index (χ3n) is 2.61. The molecule has 0 amide bonds. The lowest BCUT2D eigenvalue weighted by Gasteiger charge is -2.10. The molecule has 0 bridgehead atoms. The highest BCUT2D eigenvalue weighted by Gasteiger charge is 2.08. The Morgan fingerprint density at radius 1 is 1.05 bits per heavy atom. The number of ether oxygens (including phenoxy) is 4. The van der Waals surface area contributed by atoms with Crippen LogP contribution in [0.3, 0.4) is 0 Å². The SMILES string of the molecule is COCCOCCOCCOc1cccc(SC)c1C#N. The molecule has 1 aromatic carbocycles. The van der Waals surface area contributed by atoms with Gasteiger partial charge in [-0.3, -0.25) is 0 Å². The van der Waals surface area contributed by atoms with Crippen molar-refractivity contribution in [2.75, 3.05) is 53.0 Å². The predicted molar refractivity (Wildman–Crippen MR) is 81.9 cm³/mol. The molecule has 0 saturated heterocycles. The van der Waals surface area contributed by atoms with E-state index in [9.17, 15) is 5.26 Å². The van der Waals surface area contributed by atoms with Gasteiger partial charge >= 0.3 is 0 Å². The Balaban J connectivity index is 2.20. The topological polar surface area (TPSA) is 60.7 Å². The summed E-state index contributed by atoms with van der Waals surface area (Å²) >= 11 is 1.53. The fourth-order valence-corrected chi connectivity index (χ4v) is 2.15. The predicted octanol–water partition coefficient (Wildman–Crippen LogP) is 2.34. The van der Waals surface area contributed by atoms with Crippen molar-refractivity contribution in [3.8, 4) is 11.8 Å². The summed E-state index contributed by atoms with van der Waals surface area (Å²) in [6.45, 7) is 3.08. The van der Waals surface area contributed by atoms with Gasteiger partial charge in [-0.05, 0) is 18.4 Å². The van der Waals surface area contributed by atoms with Crippen LogP contribution in [0.1, 0.15) is 5.56 Å². The molecule has 0 N–H and O–H groups in total. The number of nitrogens with zero attached hydrogens (tertiary/aromatic N) is 1. The number of benzene rings is 1. The monoisotopic (exact) mass is 311 g/mol. The van der Waals surface area contributed by atoms with Crippen molar-refractivity contribution in [2.24, 2.45) is 0 Å². The van der Waals surface area contributed by atoms with E-state index in [0.717, 1.165) is 4.90 Å². The molecule has 0 aromatic heterocycles. The molecular formula is C15H21NO4S. The first-order valence-electron chi connectivity index (χ1n) is 6.67. The Hall–Kier alpha value is -1.26. The third kappa shape index (κ3) is 6.82. The van der Waals surface area contributed by atoms with Gasteiger partial charge in [-0.1, -0.05) is 6.07 Å². The van der Waals surface area contributed by atoms with E-state index >= 15 is 0 Å². The van der Waals surface area contributed by atoms with Crippen LogP contribution in [0.25, 0.3) is 0 Å². The largest absolute Gasteiger partial charge is 0.490 e. The number of hydrogen-bond acceptors (Lipinski definition) is 6. The van der Waals surface area contributed by atoms with Crippen molar-refractivity contribution in [3.63, 3.8) is 0 Å². The zero-order valence-corrected chi connectivity index (χ0v) is 13.3. The van der Waals surface area contributed by atoms with Crippen LogP contribution < -0.4 is 4.74 Å².